The first-order valence-electron chi connectivity index (χ1n) is 7.68. The van der Waals surface area contributed by atoms with E-state index in [1.165, 1.54) is 0 Å². The lowest BCUT2D eigenvalue weighted by molar-refractivity contribution is 0.0443. The molecule has 1 aromatic heterocycles. The maximum atomic E-state index is 12.1. The standard InChI is InChI=1S/C17H24N2O3/c1-5-22-17(20)16-13(2)15(18(4)14(16)3)7-6-8-19-9-11-21-12-10-19/h5,8-12H2,1-4H3. The second kappa shape index (κ2) is 7.48. The number of carbonyl (C=O) groups is 1. The molecule has 0 unspecified atom stereocenters. The van der Waals surface area contributed by atoms with Crippen LogP contribution in [0.15, 0.2) is 0 Å². The first kappa shape index (κ1) is 16.6. The summed E-state index contributed by atoms with van der Waals surface area (Å²) >= 11 is 0. The van der Waals surface area contributed by atoms with Gasteiger partial charge in [0.15, 0.2) is 0 Å². The highest BCUT2D eigenvalue weighted by Gasteiger charge is 2.21. The van der Waals surface area contributed by atoms with Gasteiger partial charge in [-0.3, -0.25) is 4.90 Å². The van der Waals surface area contributed by atoms with Crippen molar-refractivity contribution in [3.8, 4) is 11.8 Å². The van der Waals surface area contributed by atoms with E-state index in [2.05, 4.69) is 16.7 Å². The van der Waals surface area contributed by atoms with Crippen LogP contribution in [0.1, 0.15) is 34.2 Å². The molecule has 5 heteroatoms. The van der Waals surface area contributed by atoms with Crippen LogP contribution in [0.25, 0.3) is 0 Å². The fourth-order valence-corrected chi connectivity index (χ4v) is 2.65. The lowest BCUT2D eigenvalue weighted by Gasteiger charge is -2.24. The third-order valence-corrected chi connectivity index (χ3v) is 4.02. The fraction of sp³-hybridized carbons (Fsp3) is 0.588. The van der Waals surface area contributed by atoms with E-state index in [9.17, 15) is 4.79 Å². The zero-order valence-corrected chi connectivity index (χ0v) is 13.9. The minimum absolute atomic E-state index is 0.269. The number of nitrogens with zero attached hydrogens (tertiary/aromatic N) is 2. The molecule has 2 heterocycles. The third-order valence-electron chi connectivity index (χ3n) is 4.02. The van der Waals surface area contributed by atoms with Crippen LogP contribution in [0.5, 0.6) is 0 Å². The summed E-state index contributed by atoms with van der Waals surface area (Å²) in [5.41, 5.74) is 3.31. The van der Waals surface area contributed by atoms with Gasteiger partial charge in [0, 0.05) is 25.8 Å². The molecule has 22 heavy (non-hydrogen) atoms. The van der Waals surface area contributed by atoms with Gasteiger partial charge in [-0.1, -0.05) is 5.92 Å². The minimum atomic E-state index is -0.269. The van der Waals surface area contributed by atoms with Crippen molar-refractivity contribution in [2.75, 3.05) is 39.5 Å². The van der Waals surface area contributed by atoms with Crippen LogP contribution < -0.4 is 0 Å². The Kier molecular flexibility index (Phi) is 5.64. The molecule has 0 amide bonds. The predicted octanol–water partition coefficient (Wildman–Crippen LogP) is 1.50. The van der Waals surface area contributed by atoms with Crippen molar-refractivity contribution in [2.45, 2.75) is 20.8 Å². The van der Waals surface area contributed by atoms with Gasteiger partial charge in [-0.15, -0.1) is 0 Å². The third kappa shape index (κ3) is 3.52. The zero-order chi connectivity index (χ0) is 16.1. The number of aromatic nitrogens is 1. The van der Waals surface area contributed by atoms with Crippen molar-refractivity contribution in [3.63, 3.8) is 0 Å². The van der Waals surface area contributed by atoms with Crippen LogP contribution in [-0.4, -0.2) is 54.9 Å². The van der Waals surface area contributed by atoms with Crippen molar-refractivity contribution < 1.29 is 14.3 Å². The number of morpholine rings is 1. The lowest BCUT2D eigenvalue weighted by Crippen LogP contribution is -2.36. The molecule has 2 rings (SSSR count). The molecule has 1 aliphatic heterocycles. The summed E-state index contributed by atoms with van der Waals surface area (Å²) in [6.45, 7) is 10.2. The molecular weight excluding hydrogens is 280 g/mol. The van der Waals surface area contributed by atoms with Crippen molar-refractivity contribution in [3.05, 3.63) is 22.5 Å². The van der Waals surface area contributed by atoms with Crippen molar-refractivity contribution in [2.24, 2.45) is 7.05 Å². The Bertz CT molecular complexity index is 602. The molecule has 0 N–H and O–H groups in total. The molecule has 120 valence electrons. The Balaban J connectivity index is 2.17. The van der Waals surface area contributed by atoms with Crippen LogP contribution in [-0.2, 0) is 16.5 Å². The number of esters is 1. The Morgan fingerprint density at radius 3 is 2.64 bits per heavy atom. The average Bonchev–Trinajstić information content (AvgIpc) is 2.72. The lowest BCUT2D eigenvalue weighted by atomic mass is 10.1. The van der Waals surface area contributed by atoms with E-state index < -0.39 is 0 Å². The van der Waals surface area contributed by atoms with Crippen LogP contribution in [0.3, 0.4) is 0 Å². The molecule has 0 atom stereocenters. The molecule has 0 radical (unpaired) electrons. The van der Waals surface area contributed by atoms with E-state index in [1.807, 2.05) is 32.4 Å². The van der Waals surface area contributed by atoms with Gasteiger partial charge in [0.2, 0.25) is 0 Å². The highest BCUT2D eigenvalue weighted by molar-refractivity contribution is 5.93. The van der Waals surface area contributed by atoms with E-state index in [0.717, 1.165) is 49.8 Å². The summed E-state index contributed by atoms with van der Waals surface area (Å²) in [6.07, 6.45) is 0. The maximum Gasteiger partial charge on any atom is 0.340 e. The maximum absolute atomic E-state index is 12.1. The van der Waals surface area contributed by atoms with Gasteiger partial charge in [0.05, 0.1) is 37.6 Å². The van der Waals surface area contributed by atoms with E-state index >= 15 is 0 Å². The van der Waals surface area contributed by atoms with E-state index in [-0.39, 0.29) is 5.97 Å². The number of hydrogen-bond donors (Lipinski definition) is 0. The molecule has 1 aromatic rings. The molecule has 0 aromatic carbocycles. The van der Waals surface area contributed by atoms with Crippen molar-refractivity contribution >= 4 is 5.97 Å². The van der Waals surface area contributed by atoms with Gasteiger partial charge in [0.25, 0.3) is 0 Å². The van der Waals surface area contributed by atoms with Crippen LogP contribution in [0.4, 0.5) is 0 Å². The highest BCUT2D eigenvalue weighted by atomic mass is 16.5. The second-order valence-electron chi connectivity index (χ2n) is 5.40. The number of carbonyl (C=O) groups excluding carboxylic acids is 1. The fourth-order valence-electron chi connectivity index (χ4n) is 2.65. The molecular formula is C17H24N2O3. The number of rotatable bonds is 3. The monoisotopic (exact) mass is 304 g/mol. The zero-order valence-electron chi connectivity index (χ0n) is 13.9. The molecule has 0 spiro atoms. The largest absolute Gasteiger partial charge is 0.462 e. The summed E-state index contributed by atoms with van der Waals surface area (Å²) in [6, 6.07) is 0. The molecule has 0 bridgehead atoms. The molecule has 1 saturated heterocycles. The van der Waals surface area contributed by atoms with Gasteiger partial charge >= 0.3 is 5.97 Å². The van der Waals surface area contributed by atoms with Gasteiger partial charge in [-0.25, -0.2) is 4.79 Å². The summed E-state index contributed by atoms with van der Waals surface area (Å²) in [5.74, 6) is 6.15. The van der Waals surface area contributed by atoms with E-state index in [4.69, 9.17) is 9.47 Å². The Morgan fingerprint density at radius 2 is 2.00 bits per heavy atom. The Morgan fingerprint density at radius 1 is 1.32 bits per heavy atom. The van der Waals surface area contributed by atoms with Crippen LogP contribution in [0.2, 0.25) is 0 Å². The van der Waals surface area contributed by atoms with Crippen LogP contribution in [0, 0.1) is 25.7 Å². The molecule has 0 saturated carbocycles. The van der Waals surface area contributed by atoms with Gasteiger partial charge in [0.1, 0.15) is 0 Å². The average molecular weight is 304 g/mol. The first-order valence-corrected chi connectivity index (χ1v) is 7.68. The van der Waals surface area contributed by atoms with Crippen molar-refractivity contribution in [1.82, 2.24) is 9.47 Å². The predicted molar refractivity (Wildman–Crippen MR) is 85.0 cm³/mol. The summed E-state index contributed by atoms with van der Waals surface area (Å²) in [7, 11) is 1.93. The second-order valence-corrected chi connectivity index (χ2v) is 5.40. The van der Waals surface area contributed by atoms with Gasteiger partial charge < -0.3 is 14.0 Å². The SMILES string of the molecule is CCOC(=O)c1c(C)c(C#CCN2CCOCC2)n(C)c1C. The number of hydrogen-bond acceptors (Lipinski definition) is 4. The van der Waals surface area contributed by atoms with Crippen LogP contribution >= 0.6 is 0 Å². The van der Waals surface area contributed by atoms with E-state index in [0.29, 0.717) is 12.2 Å². The highest BCUT2D eigenvalue weighted by Crippen LogP contribution is 2.21. The Hall–Kier alpha value is -1.77. The van der Waals surface area contributed by atoms with Crippen molar-refractivity contribution in [1.29, 1.82) is 0 Å². The summed E-state index contributed by atoms with van der Waals surface area (Å²) in [4.78, 5) is 14.3. The topological polar surface area (TPSA) is 43.7 Å². The number of ether oxygens (including phenoxy) is 2. The molecule has 5 nitrogen and oxygen atoms in total. The molecule has 1 fully saturated rings. The summed E-state index contributed by atoms with van der Waals surface area (Å²) in [5, 5.41) is 0. The quantitative estimate of drug-likeness (QED) is 0.627. The van der Waals surface area contributed by atoms with E-state index in [1.54, 1.807) is 0 Å². The van der Waals surface area contributed by atoms with Gasteiger partial charge in [-0.05, 0) is 32.3 Å². The molecule has 0 aliphatic carbocycles. The smallest absolute Gasteiger partial charge is 0.340 e. The molecule has 1 aliphatic rings. The first-order chi connectivity index (χ1) is 10.6. The van der Waals surface area contributed by atoms with Gasteiger partial charge in [-0.2, -0.15) is 0 Å². The summed E-state index contributed by atoms with van der Waals surface area (Å²) < 4.78 is 12.4. The Labute approximate surface area is 132 Å². The minimum Gasteiger partial charge on any atom is -0.462 e. The normalized spacial score (nSPS) is 15.3.